The first kappa shape index (κ1) is 17.3. The van der Waals surface area contributed by atoms with Gasteiger partial charge in [0.2, 0.25) is 5.88 Å². The summed E-state index contributed by atoms with van der Waals surface area (Å²) < 4.78 is 5.91. The van der Waals surface area contributed by atoms with Gasteiger partial charge in [-0.25, -0.2) is 9.97 Å². The fourth-order valence-corrected chi connectivity index (χ4v) is 4.41. The molecule has 1 aromatic carbocycles. The lowest BCUT2D eigenvalue weighted by Gasteiger charge is -2.13. The highest BCUT2D eigenvalue weighted by atomic mass is 16.5. The minimum absolute atomic E-state index is 0.561. The van der Waals surface area contributed by atoms with Gasteiger partial charge in [-0.2, -0.15) is 0 Å². The number of ether oxygens (including phenoxy) is 1. The molecule has 0 radical (unpaired) electrons. The van der Waals surface area contributed by atoms with Gasteiger partial charge in [-0.05, 0) is 54.1 Å². The molecule has 0 spiro atoms. The van der Waals surface area contributed by atoms with E-state index < -0.39 is 0 Å². The molecule has 1 aliphatic heterocycles. The summed E-state index contributed by atoms with van der Waals surface area (Å²) >= 11 is 0. The fourth-order valence-electron chi connectivity index (χ4n) is 4.41. The Morgan fingerprint density at radius 1 is 1.14 bits per heavy atom. The molecule has 6 heteroatoms. The second kappa shape index (κ2) is 6.95. The molecule has 2 aromatic heterocycles. The van der Waals surface area contributed by atoms with Gasteiger partial charge in [-0.1, -0.05) is 6.07 Å². The van der Waals surface area contributed by atoms with Crippen LogP contribution in [0.4, 0.5) is 11.5 Å². The van der Waals surface area contributed by atoms with Gasteiger partial charge >= 0.3 is 0 Å². The summed E-state index contributed by atoms with van der Waals surface area (Å²) in [5, 5.41) is 5.49. The first-order valence-corrected chi connectivity index (χ1v) is 9.82. The largest absolute Gasteiger partial charge is 0.477 e. The van der Waals surface area contributed by atoms with Gasteiger partial charge in [-0.15, -0.1) is 0 Å². The average molecular weight is 375 g/mol. The number of nitrogens with zero attached hydrogens (tertiary/aromatic N) is 3. The topological polar surface area (TPSA) is 76.3 Å². The number of rotatable bonds is 6. The molecule has 0 unspecified atom stereocenters. The van der Waals surface area contributed by atoms with Crippen LogP contribution in [0, 0.1) is 17.8 Å². The number of likely N-dealkylation sites (tertiary alicyclic amines) is 1. The monoisotopic (exact) mass is 375 g/mol. The van der Waals surface area contributed by atoms with Gasteiger partial charge in [0.05, 0.1) is 6.61 Å². The summed E-state index contributed by atoms with van der Waals surface area (Å²) in [6.45, 7) is 3.94. The molecule has 0 amide bonds. The van der Waals surface area contributed by atoms with E-state index in [2.05, 4.69) is 39.4 Å². The van der Waals surface area contributed by atoms with Crippen molar-refractivity contribution >= 4 is 22.3 Å². The van der Waals surface area contributed by atoms with E-state index in [-0.39, 0.29) is 0 Å². The lowest BCUT2D eigenvalue weighted by Crippen LogP contribution is -2.21. The third-order valence-corrected chi connectivity index (χ3v) is 6.07. The first-order valence-electron chi connectivity index (χ1n) is 9.82. The zero-order valence-corrected chi connectivity index (χ0v) is 16.0. The molecule has 5 rings (SSSR count). The van der Waals surface area contributed by atoms with Crippen molar-refractivity contribution in [2.24, 2.45) is 17.8 Å². The standard InChI is InChI=1S/C22H25N5O/c1-27-11-18-19(12-27)20(18)13-28-21-5-2-14(10-26-21)9-25-16-3-4-17-15(8-16)6-7-24-22(17)23/h2-8,10,18-20,25H,9,11-13H2,1H3,(H2,23,24)/t18-,19+,20+. The number of aromatic nitrogens is 2. The number of pyridine rings is 2. The Morgan fingerprint density at radius 2 is 2.00 bits per heavy atom. The van der Waals surface area contributed by atoms with Crippen molar-refractivity contribution in [3.8, 4) is 5.88 Å². The molecule has 3 aromatic rings. The van der Waals surface area contributed by atoms with Crippen LogP contribution in [0.25, 0.3) is 10.8 Å². The van der Waals surface area contributed by atoms with Crippen LogP contribution >= 0.6 is 0 Å². The molecule has 2 aliphatic rings. The average Bonchev–Trinajstić information content (AvgIpc) is 3.18. The summed E-state index contributed by atoms with van der Waals surface area (Å²) in [6.07, 6.45) is 3.62. The molecule has 2 fully saturated rings. The number of piperidine rings is 1. The molecule has 144 valence electrons. The van der Waals surface area contributed by atoms with Crippen molar-refractivity contribution in [1.82, 2.24) is 14.9 Å². The Hall–Kier alpha value is -2.86. The number of nitrogens with two attached hydrogens (primary N) is 1. The van der Waals surface area contributed by atoms with Gasteiger partial charge in [0.1, 0.15) is 5.82 Å². The number of benzene rings is 1. The Morgan fingerprint density at radius 3 is 2.79 bits per heavy atom. The van der Waals surface area contributed by atoms with Crippen LogP contribution in [-0.4, -0.2) is 41.6 Å². The fraction of sp³-hybridized carbons (Fsp3) is 0.364. The zero-order valence-electron chi connectivity index (χ0n) is 16.0. The van der Waals surface area contributed by atoms with Crippen LogP contribution in [0.2, 0.25) is 0 Å². The maximum absolute atomic E-state index is 5.91. The minimum Gasteiger partial charge on any atom is -0.477 e. The second-order valence-electron chi connectivity index (χ2n) is 8.01. The lowest BCUT2D eigenvalue weighted by molar-refractivity contribution is 0.246. The van der Waals surface area contributed by atoms with E-state index in [1.54, 1.807) is 6.20 Å². The lowest BCUT2D eigenvalue weighted by atomic mass is 10.1. The summed E-state index contributed by atoms with van der Waals surface area (Å²) in [5.74, 6) is 3.67. The van der Waals surface area contributed by atoms with E-state index in [9.17, 15) is 0 Å². The normalized spacial score (nSPS) is 23.5. The van der Waals surface area contributed by atoms with Gasteiger partial charge in [0, 0.05) is 55.1 Å². The molecule has 3 heterocycles. The Bertz CT molecular complexity index is 978. The molecular weight excluding hydrogens is 350 g/mol. The smallest absolute Gasteiger partial charge is 0.213 e. The number of anilines is 2. The molecule has 3 atom stereocenters. The third kappa shape index (κ3) is 3.36. The predicted molar refractivity (Wildman–Crippen MR) is 111 cm³/mol. The van der Waals surface area contributed by atoms with Crippen molar-refractivity contribution in [3.63, 3.8) is 0 Å². The summed E-state index contributed by atoms with van der Waals surface area (Å²) in [5.41, 5.74) is 8.07. The molecule has 0 bridgehead atoms. The number of hydrogen-bond donors (Lipinski definition) is 2. The van der Waals surface area contributed by atoms with Gasteiger partial charge in [0.25, 0.3) is 0 Å². The summed E-state index contributed by atoms with van der Waals surface area (Å²) in [7, 11) is 2.20. The molecule has 6 nitrogen and oxygen atoms in total. The minimum atomic E-state index is 0.561. The highest BCUT2D eigenvalue weighted by molar-refractivity contribution is 5.92. The molecule has 1 saturated carbocycles. The predicted octanol–water partition coefficient (Wildman–Crippen LogP) is 3.01. The highest BCUT2D eigenvalue weighted by Gasteiger charge is 2.54. The molecule has 3 N–H and O–H groups in total. The van der Waals surface area contributed by atoms with E-state index in [4.69, 9.17) is 10.5 Å². The van der Waals surface area contributed by atoms with E-state index in [0.717, 1.165) is 52.3 Å². The van der Waals surface area contributed by atoms with Crippen LogP contribution in [-0.2, 0) is 6.54 Å². The van der Waals surface area contributed by atoms with Crippen molar-refractivity contribution in [3.05, 3.63) is 54.4 Å². The van der Waals surface area contributed by atoms with Crippen molar-refractivity contribution in [1.29, 1.82) is 0 Å². The van der Waals surface area contributed by atoms with Crippen molar-refractivity contribution in [2.45, 2.75) is 6.54 Å². The quantitative estimate of drug-likeness (QED) is 0.690. The Balaban J connectivity index is 1.14. The van der Waals surface area contributed by atoms with E-state index in [0.29, 0.717) is 12.4 Å². The van der Waals surface area contributed by atoms with Crippen molar-refractivity contribution < 1.29 is 4.74 Å². The van der Waals surface area contributed by atoms with Crippen LogP contribution in [0.15, 0.2) is 48.8 Å². The maximum atomic E-state index is 5.91. The van der Waals surface area contributed by atoms with Crippen molar-refractivity contribution in [2.75, 3.05) is 37.8 Å². The van der Waals surface area contributed by atoms with Crippen LogP contribution < -0.4 is 15.8 Å². The van der Waals surface area contributed by atoms with Crippen LogP contribution in [0.1, 0.15) is 5.56 Å². The molecule has 1 aliphatic carbocycles. The van der Waals surface area contributed by atoms with E-state index >= 15 is 0 Å². The third-order valence-electron chi connectivity index (χ3n) is 6.07. The molecule has 28 heavy (non-hydrogen) atoms. The number of nitrogens with one attached hydrogen (secondary N) is 1. The molecule has 1 saturated heterocycles. The SMILES string of the molecule is CN1C[C@@H]2[C@@H](COc3ccc(CNc4ccc5c(N)nccc5c4)cn3)[C@@H]2C1. The van der Waals surface area contributed by atoms with Crippen LogP contribution in [0.5, 0.6) is 5.88 Å². The zero-order chi connectivity index (χ0) is 19.1. The van der Waals surface area contributed by atoms with E-state index in [1.165, 1.54) is 13.1 Å². The summed E-state index contributed by atoms with van der Waals surface area (Å²) in [6, 6.07) is 12.1. The first-order chi connectivity index (χ1) is 13.7. The van der Waals surface area contributed by atoms with E-state index in [1.807, 2.05) is 30.5 Å². The number of fused-ring (bicyclic) bond motifs is 2. The second-order valence-corrected chi connectivity index (χ2v) is 8.01. The number of hydrogen-bond acceptors (Lipinski definition) is 6. The van der Waals surface area contributed by atoms with Gasteiger partial charge < -0.3 is 20.7 Å². The Kier molecular flexibility index (Phi) is 4.28. The Labute approximate surface area is 164 Å². The maximum Gasteiger partial charge on any atom is 0.213 e. The van der Waals surface area contributed by atoms with Gasteiger partial charge in [0.15, 0.2) is 0 Å². The highest BCUT2D eigenvalue weighted by Crippen LogP contribution is 2.51. The summed E-state index contributed by atoms with van der Waals surface area (Å²) in [4.78, 5) is 11.0. The molecular formula is C22H25N5O. The van der Waals surface area contributed by atoms with Gasteiger partial charge in [-0.3, -0.25) is 0 Å². The van der Waals surface area contributed by atoms with Crippen LogP contribution in [0.3, 0.4) is 0 Å². The number of nitrogen functional groups attached to an aromatic ring is 1.